The zero-order valence-electron chi connectivity index (χ0n) is 14.1. The predicted molar refractivity (Wildman–Crippen MR) is 101 cm³/mol. The van der Waals surface area contributed by atoms with E-state index in [1.165, 1.54) is 11.8 Å². The lowest BCUT2D eigenvalue weighted by molar-refractivity contribution is -0.113. The Balaban J connectivity index is 1.67. The van der Waals surface area contributed by atoms with Crippen LogP contribution in [-0.2, 0) is 4.79 Å². The highest BCUT2D eigenvalue weighted by molar-refractivity contribution is 7.99. The number of tetrazole rings is 1. The Hall–Kier alpha value is -2.58. The molecule has 0 aliphatic heterocycles. The second-order valence-electron chi connectivity index (χ2n) is 5.39. The summed E-state index contributed by atoms with van der Waals surface area (Å²) in [4.78, 5) is 12.3. The third-order valence-corrected chi connectivity index (χ3v) is 4.64. The summed E-state index contributed by atoms with van der Waals surface area (Å²) in [6.07, 6.45) is 0. The first-order valence-corrected chi connectivity index (χ1v) is 9.05. The average molecular weight is 390 g/mol. The number of aryl methyl sites for hydroxylation is 1. The van der Waals surface area contributed by atoms with E-state index >= 15 is 0 Å². The average Bonchev–Trinajstić information content (AvgIpc) is 3.09. The van der Waals surface area contributed by atoms with Gasteiger partial charge in [0.2, 0.25) is 11.1 Å². The maximum Gasteiger partial charge on any atom is 0.234 e. The zero-order chi connectivity index (χ0) is 18.5. The van der Waals surface area contributed by atoms with Crippen LogP contribution in [-0.4, -0.2) is 39.0 Å². The molecule has 0 bridgehead atoms. The van der Waals surface area contributed by atoms with Crippen molar-refractivity contribution in [3.05, 3.63) is 53.1 Å². The third-order valence-electron chi connectivity index (χ3n) is 3.47. The summed E-state index contributed by atoms with van der Waals surface area (Å²) < 4.78 is 6.83. The molecule has 3 rings (SSSR count). The lowest BCUT2D eigenvalue weighted by atomic mass is 10.2. The molecule has 0 unspecified atom stereocenters. The Labute approximate surface area is 159 Å². The first-order chi connectivity index (χ1) is 12.6. The number of anilines is 1. The molecule has 0 fully saturated rings. The highest BCUT2D eigenvalue weighted by atomic mass is 35.5. The molecule has 0 aliphatic rings. The molecule has 0 aliphatic carbocycles. The fourth-order valence-corrected chi connectivity index (χ4v) is 3.07. The van der Waals surface area contributed by atoms with Crippen LogP contribution in [0.5, 0.6) is 5.75 Å². The monoisotopic (exact) mass is 389 g/mol. The third kappa shape index (κ3) is 4.33. The Bertz CT molecular complexity index is 914. The van der Waals surface area contributed by atoms with Gasteiger partial charge in [-0.1, -0.05) is 29.4 Å². The van der Waals surface area contributed by atoms with Gasteiger partial charge in [0.05, 0.1) is 24.2 Å². The molecule has 2 aromatic carbocycles. The van der Waals surface area contributed by atoms with Crippen LogP contribution in [0.1, 0.15) is 5.56 Å². The van der Waals surface area contributed by atoms with Crippen LogP contribution in [0.15, 0.2) is 47.6 Å². The Kier molecular flexibility index (Phi) is 5.75. The van der Waals surface area contributed by atoms with E-state index in [-0.39, 0.29) is 11.7 Å². The number of methoxy groups -OCH3 is 1. The standard InChI is InChI=1S/C17H16ClN5O2S/c1-11-3-8-15(25-2)14(9-11)19-16(24)10-26-17-20-21-22-23(17)13-6-4-12(18)5-7-13/h3-9H,10H2,1-2H3,(H,19,24). The van der Waals surface area contributed by atoms with Crippen molar-refractivity contribution in [2.75, 3.05) is 18.2 Å². The molecule has 0 radical (unpaired) electrons. The molecule has 0 atom stereocenters. The molecule has 1 N–H and O–H groups in total. The topological polar surface area (TPSA) is 81.9 Å². The van der Waals surface area contributed by atoms with Gasteiger partial charge in [-0.3, -0.25) is 4.79 Å². The van der Waals surface area contributed by atoms with Gasteiger partial charge in [-0.15, -0.1) is 5.10 Å². The van der Waals surface area contributed by atoms with Crippen molar-refractivity contribution in [3.63, 3.8) is 0 Å². The van der Waals surface area contributed by atoms with Crippen molar-refractivity contribution < 1.29 is 9.53 Å². The van der Waals surface area contributed by atoms with Crippen molar-refractivity contribution >= 4 is 35.0 Å². The number of benzene rings is 2. The minimum Gasteiger partial charge on any atom is -0.495 e. The van der Waals surface area contributed by atoms with Crippen molar-refractivity contribution in [2.24, 2.45) is 0 Å². The van der Waals surface area contributed by atoms with Crippen molar-refractivity contribution in [1.29, 1.82) is 0 Å². The van der Waals surface area contributed by atoms with E-state index in [4.69, 9.17) is 16.3 Å². The molecule has 1 amide bonds. The maximum absolute atomic E-state index is 12.3. The number of carbonyl (C=O) groups is 1. The van der Waals surface area contributed by atoms with E-state index < -0.39 is 0 Å². The summed E-state index contributed by atoms with van der Waals surface area (Å²) in [7, 11) is 1.56. The summed E-state index contributed by atoms with van der Waals surface area (Å²) in [6.45, 7) is 1.95. The molecule has 9 heteroatoms. The van der Waals surface area contributed by atoms with Crippen molar-refractivity contribution in [2.45, 2.75) is 12.1 Å². The van der Waals surface area contributed by atoms with E-state index in [2.05, 4.69) is 20.8 Å². The van der Waals surface area contributed by atoms with Gasteiger partial charge < -0.3 is 10.1 Å². The molecular formula is C17H16ClN5O2S. The first kappa shape index (κ1) is 18.2. The normalized spacial score (nSPS) is 10.6. The second kappa shape index (κ2) is 8.20. The van der Waals surface area contributed by atoms with Gasteiger partial charge in [0.15, 0.2) is 0 Å². The van der Waals surface area contributed by atoms with Crippen molar-refractivity contribution in [3.8, 4) is 11.4 Å². The van der Waals surface area contributed by atoms with E-state index in [1.807, 2.05) is 25.1 Å². The fourth-order valence-electron chi connectivity index (χ4n) is 2.25. The Morgan fingerprint density at radius 1 is 1.27 bits per heavy atom. The van der Waals surface area contributed by atoms with Crippen LogP contribution in [0, 0.1) is 6.92 Å². The largest absolute Gasteiger partial charge is 0.495 e. The Morgan fingerprint density at radius 3 is 2.77 bits per heavy atom. The van der Waals surface area contributed by atoms with Crippen molar-refractivity contribution in [1.82, 2.24) is 20.2 Å². The van der Waals surface area contributed by atoms with Crippen LogP contribution in [0.2, 0.25) is 5.02 Å². The van der Waals surface area contributed by atoms with Gasteiger partial charge in [0, 0.05) is 5.02 Å². The lowest BCUT2D eigenvalue weighted by Gasteiger charge is -2.11. The number of thioether (sulfide) groups is 1. The van der Waals surface area contributed by atoms with Gasteiger partial charge in [-0.05, 0) is 59.3 Å². The smallest absolute Gasteiger partial charge is 0.234 e. The van der Waals surface area contributed by atoms with E-state index in [9.17, 15) is 4.79 Å². The number of halogens is 1. The molecule has 0 saturated carbocycles. The summed E-state index contributed by atoms with van der Waals surface area (Å²) >= 11 is 7.14. The molecule has 1 heterocycles. The predicted octanol–water partition coefficient (Wildman–Crippen LogP) is 3.36. The number of rotatable bonds is 6. The SMILES string of the molecule is COc1ccc(C)cc1NC(=O)CSc1nnnn1-c1ccc(Cl)cc1. The lowest BCUT2D eigenvalue weighted by Crippen LogP contribution is -2.15. The summed E-state index contributed by atoms with van der Waals surface area (Å²) in [5.74, 6) is 0.593. The number of nitrogens with one attached hydrogen (secondary N) is 1. The summed E-state index contributed by atoms with van der Waals surface area (Å²) in [5, 5.41) is 15.6. The van der Waals surface area contributed by atoms with E-state index in [0.717, 1.165) is 11.3 Å². The number of ether oxygens (including phenoxy) is 1. The number of amides is 1. The summed E-state index contributed by atoms with van der Waals surface area (Å²) in [6, 6.07) is 12.7. The fraction of sp³-hybridized carbons (Fsp3) is 0.176. The maximum atomic E-state index is 12.3. The minimum absolute atomic E-state index is 0.158. The number of hydrogen-bond donors (Lipinski definition) is 1. The van der Waals surface area contributed by atoms with Gasteiger partial charge in [-0.2, -0.15) is 4.68 Å². The molecule has 7 nitrogen and oxygen atoms in total. The number of hydrogen-bond acceptors (Lipinski definition) is 6. The molecular weight excluding hydrogens is 374 g/mol. The van der Waals surface area contributed by atoms with Crippen LogP contribution >= 0.6 is 23.4 Å². The molecule has 0 spiro atoms. The second-order valence-corrected chi connectivity index (χ2v) is 6.77. The van der Waals surface area contributed by atoms with Crippen LogP contribution < -0.4 is 10.1 Å². The van der Waals surface area contributed by atoms with Crippen LogP contribution in [0.25, 0.3) is 5.69 Å². The Morgan fingerprint density at radius 2 is 2.04 bits per heavy atom. The molecule has 0 saturated heterocycles. The van der Waals surface area contributed by atoms with Gasteiger partial charge in [0.25, 0.3) is 0 Å². The van der Waals surface area contributed by atoms with Crippen LogP contribution in [0.3, 0.4) is 0 Å². The number of carbonyl (C=O) groups excluding carboxylic acids is 1. The molecule has 26 heavy (non-hydrogen) atoms. The minimum atomic E-state index is -0.176. The quantitative estimate of drug-likeness (QED) is 0.651. The molecule has 1 aromatic heterocycles. The van der Waals surface area contributed by atoms with E-state index in [1.54, 1.807) is 36.1 Å². The van der Waals surface area contributed by atoms with Gasteiger partial charge in [0.1, 0.15) is 5.75 Å². The molecule has 3 aromatic rings. The highest BCUT2D eigenvalue weighted by Gasteiger charge is 2.13. The highest BCUT2D eigenvalue weighted by Crippen LogP contribution is 2.26. The zero-order valence-corrected chi connectivity index (χ0v) is 15.7. The van der Waals surface area contributed by atoms with Gasteiger partial charge in [-0.25, -0.2) is 0 Å². The molecule has 134 valence electrons. The van der Waals surface area contributed by atoms with E-state index in [0.29, 0.717) is 21.6 Å². The van der Waals surface area contributed by atoms with Gasteiger partial charge >= 0.3 is 0 Å². The first-order valence-electron chi connectivity index (χ1n) is 7.68. The van der Waals surface area contributed by atoms with Crippen LogP contribution in [0.4, 0.5) is 5.69 Å². The number of nitrogens with zero attached hydrogens (tertiary/aromatic N) is 4. The number of aromatic nitrogens is 4. The summed E-state index contributed by atoms with van der Waals surface area (Å²) in [5.41, 5.74) is 2.43.